The van der Waals surface area contributed by atoms with E-state index in [-0.39, 0.29) is 16.4 Å². The van der Waals surface area contributed by atoms with Gasteiger partial charge < -0.3 is 5.32 Å². The summed E-state index contributed by atoms with van der Waals surface area (Å²) < 4.78 is 23.1. The minimum Gasteiger partial charge on any atom is -0.315 e. The van der Waals surface area contributed by atoms with E-state index < -0.39 is 9.84 Å². The van der Waals surface area contributed by atoms with Crippen LogP contribution in [-0.4, -0.2) is 38.4 Å². The van der Waals surface area contributed by atoms with Gasteiger partial charge in [0.15, 0.2) is 9.84 Å². The van der Waals surface area contributed by atoms with Gasteiger partial charge in [0.05, 0.1) is 11.0 Å². The Balaban J connectivity index is 3.85. The Labute approximate surface area is 111 Å². The first-order valence-corrected chi connectivity index (χ1v) is 8.44. The fraction of sp³-hybridized carbons (Fsp3) is 1.00. The maximum absolute atomic E-state index is 11.6. The molecule has 0 aliphatic heterocycles. The molecular formula is C12H26ClNO2S. The maximum atomic E-state index is 11.6. The van der Waals surface area contributed by atoms with Crippen molar-refractivity contribution < 1.29 is 8.42 Å². The van der Waals surface area contributed by atoms with Gasteiger partial charge in [-0.25, -0.2) is 8.42 Å². The largest absolute Gasteiger partial charge is 0.315 e. The monoisotopic (exact) mass is 283 g/mol. The molecule has 3 nitrogen and oxygen atoms in total. The van der Waals surface area contributed by atoms with E-state index in [9.17, 15) is 8.42 Å². The normalized spacial score (nSPS) is 13.3. The van der Waals surface area contributed by atoms with Crippen molar-refractivity contribution in [1.29, 1.82) is 0 Å². The van der Waals surface area contributed by atoms with Gasteiger partial charge in [-0.05, 0) is 32.1 Å². The molecule has 0 aliphatic rings. The van der Waals surface area contributed by atoms with Crippen LogP contribution in [0.1, 0.15) is 40.5 Å². The predicted octanol–water partition coefficient (Wildman–Crippen LogP) is 2.44. The minimum atomic E-state index is -2.92. The Hall–Kier alpha value is 0.200. The number of nitrogens with one attached hydrogen (secondary N) is 1. The Kier molecular flexibility index (Phi) is 7.68. The summed E-state index contributed by atoms with van der Waals surface area (Å²) in [5.41, 5.74) is 0.177. The average molecular weight is 284 g/mol. The van der Waals surface area contributed by atoms with Gasteiger partial charge in [0.2, 0.25) is 0 Å². The van der Waals surface area contributed by atoms with Crippen molar-refractivity contribution in [3.05, 3.63) is 0 Å². The highest BCUT2D eigenvalue weighted by Gasteiger charge is 2.18. The Morgan fingerprint density at radius 2 is 1.88 bits per heavy atom. The van der Waals surface area contributed by atoms with Crippen molar-refractivity contribution in [2.75, 3.05) is 24.7 Å². The third-order valence-corrected chi connectivity index (χ3v) is 5.35. The molecule has 0 amide bonds. The quantitative estimate of drug-likeness (QED) is 0.522. The molecule has 0 rings (SSSR count). The maximum Gasteiger partial charge on any atom is 0.153 e. The lowest BCUT2D eigenvalue weighted by atomic mass is 9.88. The summed E-state index contributed by atoms with van der Waals surface area (Å²) in [5.74, 6) is 0.904. The zero-order chi connectivity index (χ0) is 13.5. The Morgan fingerprint density at radius 1 is 1.29 bits per heavy atom. The minimum absolute atomic E-state index is 0.177. The van der Waals surface area contributed by atoms with Gasteiger partial charge >= 0.3 is 0 Å². The zero-order valence-electron chi connectivity index (χ0n) is 11.4. The second-order valence-corrected chi connectivity index (χ2v) is 8.60. The van der Waals surface area contributed by atoms with Crippen LogP contribution >= 0.6 is 11.6 Å². The van der Waals surface area contributed by atoms with Crippen molar-refractivity contribution in [3.63, 3.8) is 0 Å². The van der Waals surface area contributed by atoms with Gasteiger partial charge in [-0.15, -0.1) is 11.6 Å². The molecule has 0 spiro atoms. The topological polar surface area (TPSA) is 46.2 Å². The van der Waals surface area contributed by atoms with Crippen LogP contribution in [0.4, 0.5) is 0 Å². The molecule has 0 aromatic heterocycles. The second kappa shape index (κ2) is 7.59. The smallest absolute Gasteiger partial charge is 0.153 e. The molecule has 0 atom stereocenters. The van der Waals surface area contributed by atoms with Gasteiger partial charge in [-0.1, -0.05) is 13.8 Å². The molecule has 104 valence electrons. The molecular weight excluding hydrogens is 258 g/mol. The van der Waals surface area contributed by atoms with Gasteiger partial charge in [0.1, 0.15) is 0 Å². The summed E-state index contributed by atoms with van der Waals surface area (Å²) in [5, 5.41) is 2.94. The van der Waals surface area contributed by atoms with E-state index >= 15 is 0 Å². The molecule has 0 aromatic rings. The fourth-order valence-corrected chi connectivity index (χ4v) is 2.54. The van der Waals surface area contributed by atoms with Crippen LogP contribution in [0.3, 0.4) is 0 Å². The predicted molar refractivity (Wildman–Crippen MR) is 75.5 cm³/mol. The van der Waals surface area contributed by atoms with Gasteiger partial charge in [0.25, 0.3) is 0 Å². The highest BCUT2D eigenvalue weighted by Crippen LogP contribution is 2.21. The molecule has 1 N–H and O–H groups in total. The van der Waals surface area contributed by atoms with E-state index in [1.807, 2.05) is 0 Å². The lowest BCUT2D eigenvalue weighted by Gasteiger charge is -2.24. The van der Waals surface area contributed by atoms with Crippen molar-refractivity contribution in [2.45, 2.75) is 45.8 Å². The van der Waals surface area contributed by atoms with Crippen molar-refractivity contribution >= 4 is 21.4 Å². The van der Waals surface area contributed by atoms with Crippen LogP contribution in [0, 0.1) is 5.41 Å². The van der Waals surface area contributed by atoms with Crippen LogP contribution in [0.2, 0.25) is 0 Å². The second-order valence-electron chi connectivity index (χ2n) is 5.55. The lowest BCUT2D eigenvalue weighted by molar-refractivity contribution is 0.315. The number of sulfone groups is 1. The third kappa shape index (κ3) is 8.01. The number of halogens is 1. The first-order chi connectivity index (χ1) is 7.71. The first kappa shape index (κ1) is 17.2. The van der Waals surface area contributed by atoms with Crippen LogP contribution in [0.15, 0.2) is 0 Å². The van der Waals surface area contributed by atoms with Gasteiger partial charge in [-0.2, -0.15) is 0 Å². The number of hydrogen-bond acceptors (Lipinski definition) is 3. The SMILES string of the molecule is CC(C)S(=O)(=O)CCNCC(C)(C)CCCCl. The van der Waals surface area contributed by atoms with E-state index in [1.54, 1.807) is 13.8 Å². The van der Waals surface area contributed by atoms with E-state index in [2.05, 4.69) is 19.2 Å². The molecule has 17 heavy (non-hydrogen) atoms. The molecule has 0 saturated heterocycles. The van der Waals surface area contributed by atoms with E-state index in [1.165, 1.54) is 0 Å². The molecule has 0 unspecified atom stereocenters. The van der Waals surface area contributed by atoms with Gasteiger partial charge in [-0.3, -0.25) is 0 Å². The van der Waals surface area contributed by atoms with Crippen LogP contribution in [0.25, 0.3) is 0 Å². The molecule has 0 bridgehead atoms. The van der Waals surface area contributed by atoms with Crippen LogP contribution in [-0.2, 0) is 9.84 Å². The van der Waals surface area contributed by atoms with Crippen molar-refractivity contribution in [2.24, 2.45) is 5.41 Å². The average Bonchev–Trinajstić information content (AvgIpc) is 2.21. The molecule has 0 saturated carbocycles. The lowest BCUT2D eigenvalue weighted by Crippen LogP contribution is -2.34. The summed E-state index contributed by atoms with van der Waals surface area (Å²) in [6.45, 7) is 9.15. The molecule has 0 aliphatic carbocycles. The molecule has 0 aromatic carbocycles. The Morgan fingerprint density at radius 3 is 2.35 bits per heavy atom. The molecule has 0 radical (unpaired) electrons. The number of alkyl halides is 1. The first-order valence-electron chi connectivity index (χ1n) is 6.19. The standard InChI is InChI=1S/C12H26ClNO2S/c1-11(2)17(15,16)9-8-14-10-12(3,4)6-5-7-13/h11,14H,5-10H2,1-4H3. The zero-order valence-corrected chi connectivity index (χ0v) is 13.0. The van der Waals surface area contributed by atoms with Crippen molar-refractivity contribution in [3.8, 4) is 0 Å². The summed E-state index contributed by atoms with van der Waals surface area (Å²) in [6.07, 6.45) is 2.06. The Bertz CT molecular complexity index is 300. The summed E-state index contributed by atoms with van der Waals surface area (Å²) >= 11 is 5.66. The summed E-state index contributed by atoms with van der Waals surface area (Å²) in [6, 6.07) is 0. The van der Waals surface area contributed by atoms with Crippen LogP contribution in [0.5, 0.6) is 0 Å². The van der Waals surface area contributed by atoms with E-state index in [0.717, 1.165) is 19.4 Å². The van der Waals surface area contributed by atoms with Crippen molar-refractivity contribution in [1.82, 2.24) is 5.32 Å². The highest BCUT2D eigenvalue weighted by atomic mass is 35.5. The summed E-state index contributed by atoms with van der Waals surface area (Å²) in [4.78, 5) is 0. The fourth-order valence-electron chi connectivity index (χ4n) is 1.51. The number of hydrogen-bond donors (Lipinski definition) is 1. The third-order valence-electron chi connectivity index (χ3n) is 2.87. The van der Waals surface area contributed by atoms with Crippen LogP contribution < -0.4 is 5.32 Å². The number of rotatable bonds is 9. The molecule has 0 heterocycles. The molecule has 0 fully saturated rings. The van der Waals surface area contributed by atoms with E-state index in [0.29, 0.717) is 12.4 Å². The molecule has 5 heteroatoms. The summed E-state index contributed by atoms with van der Waals surface area (Å²) in [7, 11) is -2.92. The van der Waals surface area contributed by atoms with Gasteiger partial charge in [0, 0.05) is 19.0 Å². The highest BCUT2D eigenvalue weighted by molar-refractivity contribution is 7.92. The van der Waals surface area contributed by atoms with E-state index in [4.69, 9.17) is 11.6 Å².